The standard InChI is InChI=1S/C27H36N8/c1-18-11-21-12-25(34-26(21)13-20(18)7-8-23-14-22(29)15-32-23)16-31-19(2)33-24-5-4-10-35(17-24)27(30)6-3-9-28/h3,6,9,11-14,24,28,30-31,33-34H,2,4-5,7-8,10,15-17,29H2,1H3/b6-3-,28-9?,30-27?. The van der Waals surface area contributed by atoms with Crippen LogP contribution in [0.2, 0.25) is 0 Å². The Morgan fingerprint density at radius 3 is 2.97 bits per heavy atom. The predicted molar refractivity (Wildman–Crippen MR) is 145 cm³/mol. The van der Waals surface area contributed by atoms with E-state index in [-0.39, 0.29) is 6.04 Å². The average molecular weight is 473 g/mol. The Morgan fingerprint density at radius 2 is 2.20 bits per heavy atom. The lowest BCUT2D eigenvalue weighted by Gasteiger charge is -2.35. The van der Waals surface area contributed by atoms with Gasteiger partial charge in [0.2, 0.25) is 0 Å². The van der Waals surface area contributed by atoms with Crippen LogP contribution in [0.15, 0.2) is 59.5 Å². The van der Waals surface area contributed by atoms with Crippen molar-refractivity contribution in [3.8, 4) is 0 Å². The van der Waals surface area contributed by atoms with Gasteiger partial charge in [0.1, 0.15) is 5.84 Å². The molecule has 4 rings (SSSR count). The predicted octanol–water partition coefficient (Wildman–Crippen LogP) is 3.50. The second-order valence-electron chi connectivity index (χ2n) is 9.36. The summed E-state index contributed by atoms with van der Waals surface area (Å²) < 4.78 is 0. The largest absolute Gasteiger partial charge is 0.400 e. The zero-order valence-electron chi connectivity index (χ0n) is 20.5. The summed E-state index contributed by atoms with van der Waals surface area (Å²) in [7, 11) is 0. The molecule has 2 aliphatic heterocycles. The van der Waals surface area contributed by atoms with Crippen LogP contribution in [-0.4, -0.2) is 53.3 Å². The molecule has 8 nitrogen and oxygen atoms in total. The van der Waals surface area contributed by atoms with Crippen molar-refractivity contribution < 1.29 is 0 Å². The van der Waals surface area contributed by atoms with Crippen molar-refractivity contribution >= 4 is 28.7 Å². The third kappa shape index (κ3) is 6.41. The molecule has 0 aliphatic carbocycles. The topological polar surface area (TPSA) is 129 Å². The van der Waals surface area contributed by atoms with E-state index in [4.69, 9.17) is 16.6 Å². The molecule has 1 aromatic carbocycles. The summed E-state index contributed by atoms with van der Waals surface area (Å²) in [5.74, 6) is 1.24. The highest BCUT2D eigenvalue weighted by Crippen LogP contribution is 2.22. The van der Waals surface area contributed by atoms with E-state index in [0.717, 1.165) is 67.2 Å². The van der Waals surface area contributed by atoms with Gasteiger partial charge in [0, 0.05) is 48.0 Å². The number of nitrogens with two attached hydrogens (primary N) is 1. The van der Waals surface area contributed by atoms with Gasteiger partial charge in [-0.25, -0.2) is 0 Å². The Morgan fingerprint density at radius 1 is 1.34 bits per heavy atom. The van der Waals surface area contributed by atoms with Crippen molar-refractivity contribution in [1.82, 2.24) is 20.5 Å². The Labute approximate surface area is 207 Å². The SMILES string of the molecule is C=C(NCc1cc2cc(C)c(CCC3=NCC(N)=C3)cc2[nH]1)NC1CCCN(C(=N)/C=C\C=N)C1. The molecule has 0 amide bonds. The lowest BCUT2D eigenvalue weighted by molar-refractivity contribution is 0.284. The van der Waals surface area contributed by atoms with E-state index in [1.807, 2.05) is 11.0 Å². The molecule has 1 saturated heterocycles. The number of fused-ring (bicyclic) bond motifs is 1. The molecule has 0 spiro atoms. The Kier molecular flexibility index (Phi) is 7.70. The van der Waals surface area contributed by atoms with E-state index in [1.54, 1.807) is 12.2 Å². The van der Waals surface area contributed by atoms with Gasteiger partial charge >= 0.3 is 0 Å². The molecular weight excluding hydrogens is 436 g/mol. The summed E-state index contributed by atoms with van der Waals surface area (Å²) >= 11 is 0. The molecule has 2 aromatic rings. The lowest BCUT2D eigenvalue weighted by Crippen LogP contribution is -2.48. The third-order valence-electron chi connectivity index (χ3n) is 6.58. The van der Waals surface area contributed by atoms with Crippen LogP contribution in [0.25, 0.3) is 10.9 Å². The molecule has 0 bridgehead atoms. The quantitative estimate of drug-likeness (QED) is 0.233. The fraction of sp³-hybridized carbons (Fsp3) is 0.370. The minimum absolute atomic E-state index is 0.236. The smallest absolute Gasteiger partial charge is 0.120 e. The number of nitrogens with zero attached hydrogens (tertiary/aromatic N) is 2. The maximum Gasteiger partial charge on any atom is 0.120 e. The van der Waals surface area contributed by atoms with Gasteiger partial charge in [0.15, 0.2) is 0 Å². The molecule has 1 unspecified atom stereocenters. The first kappa shape index (κ1) is 24.3. The number of amidine groups is 1. The van der Waals surface area contributed by atoms with Gasteiger partial charge in [0.25, 0.3) is 0 Å². The minimum atomic E-state index is 0.236. The van der Waals surface area contributed by atoms with Crippen LogP contribution >= 0.6 is 0 Å². The van der Waals surface area contributed by atoms with Gasteiger partial charge in [0.05, 0.1) is 18.9 Å². The van der Waals surface area contributed by atoms with Gasteiger partial charge in [-0.05, 0) is 85.5 Å². The molecule has 0 saturated carbocycles. The minimum Gasteiger partial charge on any atom is -0.400 e. The van der Waals surface area contributed by atoms with Crippen LogP contribution in [0.1, 0.15) is 36.1 Å². The maximum atomic E-state index is 8.17. The van der Waals surface area contributed by atoms with Gasteiger partial charge < -0.3 is 31.7 Å². The van der Waals surface area contributed by atoms with E-state index in [1.165, 1.54) is 22.7 Å². The molecule has 1 aromatic heterocycles. The Hall–Kier alpha value is -3.81. The van der Waals surface area contributed by atoms with Crippen LogP contribution in [0.5, 0.6) is 0 Å². The van der Waals surface area contributed by atoms with Gasteiger partial charge in [-0.1, -0.05) is 6.58 Å². The van der Waals surface area contributed by atoms with Crippen LogP contribution in [0.3, 0.4) is 0 Å². The van der Waals surface area contributed by atoms with Crippen LogP contribution < -0.4 is 16.4 Å². The van der Waals surface area contributed by atoms with E-state index in [9.17, 15) is 0 Å². The fourth-order valence-corrected chi connectivity index (χ4v) is 4.73. The van der Waals surface area contributed by atoms with Crippen molar-refractivity contribution in [2.24, 2.45) is 10.7 Å². The Bertz CT molecular complexity index is 1200. The summed E-state index contributed by atoms with van der Waals surface area (Å²) in [6.07, 6.45) is 10.4. The molecular formula is C27H36N8. The first-order valence-electron chi connectivity index (χ1n) is 12.2. The summed E-state index contributed by atoms with van der Waals surface area (Å²) in [5, 5.41) is 23.3. The first-order valence-corrected chi connectivity index (χ1v) is 12.2. The summed E-state index contributed by atoms with van der Waals surface area (Å²) in [5.41, 5.74) is 12.7. The molecule has 7 N–H and O–H groups in total. The number of likely N-dealkylation sites (tertiary alicyclic amines) is 1. The molecule has 8 heteroatoms. The number of aromatic amines is 1. The fourth-order valence-electron chi connectivity index (χ4n) is 4.73. The number of hydrogen-bond donors (Lipinski definition) is 6. The number of nitrogens with one attached hydrogen (secondary N) is 5. The first-order chi connectivity index (χ1) is 16.9. The van der Waals surface area contributed by atoms with Gasteiger partial charge in [-0.15, -0.1) is 0 Å². The highest BCUT2D eigenvalue weighted by molar-refractivity contribution is 5.97. The number of H-pyrrole nitrogens is 1. The highest BCUT2D eigenvalue weighted by atomic mass is 15.2. The number of allylic oxidation sites excluding steroid dienone is 2. The van der Waals surface area contributed by atoms with Crippen molar-refractivity contribution in [2.75, 3.05) is 19.6 Å². The number of aryl methyl sites for hydroxylation is 2. The number of rotatable bonds is 10. The molecule has 1 atom stereocenters. The number of hydrogen-bond acceptors (Lipinski definition) is 6. The normalized spacial score (nSPS) is 18.0. The molecule has 35 heavy (non-hydrogen) atoms. The molecule has 0 radical (unpaired) electrons. The lowest BCUT2D eigenvalue weighted by atomic mass is 10.0. The number of piperidine rings is 1. The van der Waals surface area contributed by atoms with E-state index in [0.29, 0.717) is 18.9 Å². The van der Waals surface area contributed by atoms with Gasteiger partial charge in [-0.3, -0.25) is 10.4 Å². The molecule has 3 heterocycles. The van der Waals surface area contributed by atoms with Gasteiger partial charge in [-0.2, -0.15) is 0 Å². The zero-order valence-corrected chi connectivity index (χ0v) is 20.5. The van der Waals surface area contributed by atoms with E-state index < -0.39 is 0 Å². The second kappa shape index (κ2) is 11.1. The van der Waals surface area contributed by atoms with Crippen LogP contribution in [-0.2, 0) is 13.0 Å². The highest BCUT2D eigenvalue weighted by Gasteiger charge is 2.21. The Balaban J connectivity index is 1.30. The summed E-state index contributed by atoms with van der Waals surface area (Å²) in [4.78, 5) is 10.1. The molecule has 184 valence electrons. The summed E-state index contributed by atoms with van der Waals surface area (Å²) in [6, 6.07) is 6.93. The number of aliphatic imine (C=N–C) groups is 1. The van der Waals surface area contributed by atoms with E-state index in [2.05, 4.69) is 52.3 Å². The van der Waals surface area contributed by atoms with Crippen LogP contribution in [0, 0.1) is 17.7 Å². The molecule has 2 aliphatic rings. The van der Waals surface area contributed by atoms with Crippen molar-refractivity contribution in [2.45, 2.75) is 45.2 Å². The average Bonchev–Trinajstić information content (AvgIpc) is 3.44. The monoisotopic (exact) mass is 472 g/mol. The summed E-state index contributed by atoms with van der Waals surface area (Å²) in [6.45, 7) is 9.24. The van der Waals surface area contributed by atoms with Crippen molar-refractivity contribution in [1.29, 1.82) is 10.8 Å². The van der Waals surface area contributed by atoms with Crippen molar-refractivity contribution in [3.05, 3.63) is 71.3 Å². The number of benzene rings is 1. The van der Waals surface area contributed by atoms with E-state index >= 15 is 0 Å². The molecule has 1 fully saturated rings. The van der Waals surface area contributed by atoms with Crippen LogP contribution in [0.4, 0.5) is 0 Å². The third-order valence-corrected chi connectivity index (χ3v) is 6.58. The second-order valence-corrected chi connectivity index (χ2v) is 9.36. The maximum absolute atomic E-state index is 8.17. The number of aromatic nitrogens is 1. The zero-order chi connectivity index (χ0) is 24.8. The van der Waals surface area contributed by atoms with Crippen molar-refractivity contribution in [3.63, 3.8) is 0 Å².